The number of aryl methyl sites for hydroxylation is 1. The number of hydrogen-bond donors (Lipinski definition) is 2. The Morgan fingerprint density at radius 1 is 1.19 bits per heavy atom. The summed E-state index contributed by atoms with van der Waals surface area (Å²) in [6.45, 7) is 8.53. The Morgan fingerprint density at radius 2 is 2.00 bits per heavy atom. The molecule has 1 atom stereocenters. The first kappa shape index (κ1) is 16.8. The predicted octanol–water partition coefficient (Wildman–Crippen LogP) is 6.25. The summed E-state index contributed by atoms with van der Waals surface area (Å²) in [5, 5.41) is 12.1. The molecule has 3 aromatic rings. The van der Waals surface area contributed by atoms with Crippen molar-refractivity contribution in [1.29, 1.82) is 0 Å². The van der Waals surface area contributed by atoms with Gasteiger partial charge in [-0.3, -0.25) is 0 Å². The van der Waals surface area contributed by atoms with Crippen LogP contribution < -0.4 is 4.74 Å². The molecule has 2 aromatic carbocycles. The van der Waals surface area contributed by atoms with Crippen molar-refractivity contribution in [3.05, 3.63) is 52.6 Å². The number of allylic oxidation sites excluding steroid dienone is 2. The number of phenolic OH excluding ortho intramolecular Hbond substituents is 1. The summed E-state index contributed by atoms with van der Waals surface area (Å²) in [6.07, 6.45) is 6.68. The normalized spacial score (nSPS) is 16.3. The lowest BCUT2D eigenvalue weighted by atomic mass is 9.95. The van der Waals surface area contributed by atoms with Crippen molar-refractivity contribution in [2.24, 2.45) is 0 Å². The van der Waals surface area contributed by atoms with Crippen molar-refractivity contribution in [1.82, 2.24) is 4.98 Å². The minimum Gasteiger partial charge on any atom is -0.508 e. The van der Waals surface area contributed by atoms with Crippen LogP contribution in [0, 0.1) is 6.92 Å². The summed E-state index contributed by atoms with van der Waals surface area (Å²) in [5.74, 6) is 1.25. The van der Waals surface area contributed by atoms with Crippen molar-refractivity contribution in [2.45, 2.75) is 46.6 Å². The van der Waals surface area contributed by atoms with Crippen molar-refractivity contribution < 1.29 is 9.84 Å². The summed E-state index contributed by atoms with van der Waals surface area (Å²) in [7, 11) is 0. The molecule has 1 aliphatic heterocycles. The molecular formula is C23H25NO2. The zero-order valence-electron chi connectivity index (χ0n) is 15.8. The highest BCUT2D eigenvalue weighted by Crippen LogP contribution is 2.41. The lowest BCUT2D eigenvalue weighted by Gasteiger charge is -2.27. The Balaban J connectivity index is 1.81. The average molecular weight is 347 g/mol. The van der Waals surface area contributed by atoms with Gasteiger partial charge in [0, 0.05) is 22.4 Å². The third-order valence-corrected chi connectivity index (χ3v) is 5.18. The fourth-order valence-corrected chi connectivity index (χ4v) is 3.84. The van der Waals surface area contributed by atoms with Crippen molar-refractivity contribution in [3.8, 4) is 11.5 Å². The maximum absolute atomic E-state index is 9.79. The second-order valence-corrected chi connectivity index (χ2v) is 7.57. The Hall–Kier alpha value is -2.68. The van der Waals surface area contributed by atoms with E-state index in [-0.39, 0.29) is 11.9 Å². The highest BCUT2D eigenvalue weighted by atomic mass is 16.5. The minimum absolute atomic E-state index is 0.127. The van der Waals surface area contributed by atoms with Gasteiger partial charge in [-0.25, -0.2) is 0 Å². The van der Waals surface area contributed by atoms with E-state index in [9.17, 15) is 5.11 Å². The molecule has 0 radical (unpaired) electrons. The van der Waals surface area contributed by atoms with Crippen LogP contribution in [0.5, 0.6) is 11.5 Å². The molecule has 26 heavy (non-hydrogen) atoms. The first-order valence-electron chi connectivity index (χ1n) is 9.20. The molecule has 134 valence electrons. The van der Waals surface area contributed by atoms with Crippen LogP contribution in [0.25, 0.3) is 27.9 Å². The smallest absolute Gasteiger partial charge is 0.132 e. The molecule has 0 saturated heterocycles. The molecule has 3 nitrogen and oxygen atoms in total. The van der Waals surface area contributed by atoms with Gasteiger partial charge in [0.25, 0.3) is 0 Å². The molecule has 0 fully saturated rings. The van der Waals surface area contributed by atoms with E-state index in [0.29, 0.717) is 0 Å². The van der Waals surface area contributed by atoms with Crippen LogP contribution >= 0.6 is 0 Å². The fourth-order valence-electron chi connectivity index (χ4n) is 3.84. The standard InChI is InChI=1S/C23H25NO2/c1-13(2)6-5-7-21-14(3)10-19-22-18(11-15(4)23(19)26-21)17-9-8-16(25)12-20(17)24-22/h6,8-12,21,24-25H,5,7H2,1-4H3/t21-/m1/s1. The number of H-pyrrole nitrogens is 1. The number of benzene rings is 2. The SMILES string of the molecule is CC(C)=CCC[C@H]1Oc2c(C)cc3c([nH]c4cc(O)ccc43)c2C=C1C. The van der Waals surface area contributed by atoms with Crippen LogP contribution in [-0.4, -0.2) is 16.2 Å². The average Bonchev–Trinajstić information content (AvgIpc) is 2.93. The third kappa shape index (κ3) is 2.78. The van der Waals surface area contributed by atoms with E-state index >= 15 is 0 Å². The molecule has 0 saturated carbocycles. The number of aromatic hydroxyl groups is 1. The van der Waals surface area contributed by atoms with Gasteiger partial charge in [-0.15, -0.1) is 0 Å². The van der Waals surface area contributed by atoms with Crippen molar-refractivity contribution in [2.75, 3.05) is 0 Å². The molecular weight excluding hydrogens is 322 g/mol. The first-order valence-corrected chi connectivity index (χ1v) is 9.20. The van der Waals surface area contributed by atoms with Gasteiger partial charge in [0.1, 0.15) is 17.6 Å². The fraction of sp³-hybridized carbons (Fsp3) is 0.304. The number of fused-ring (bicyclic) bond motifs is 5. The van der Waals surface area contributed by atoms with Crippen LogP contribution in [0.1, 0.15) is 44.7 Å². The molecule has 0 spiro atoms. The zero-order chi connectivity index (χ0) is 18.4. The van der Waals surface area contributed by atoms with Gasteiger partial charge in [-0.05, 0) is 75.9 Å². The highest BCUT2D eigenvalue weighted by Gasteiger charge is 2.24. The van der Waals surface area contributed by atoms with E-state index in [1.54, 1.807) is 12.1 Å². The Bertz CT molecular complexity index is 1060. The molecule has 0 amide bonds. The summed E-state index contributed by atoms with van der Waals surface area (Å²) in [6, 6.07) is 7.67. The van der Waals surface area contributed by atoms with Crippen LogP contribution in [0.2, 0.25) is 0 Å². The zero-order valence-corrected chi connectivity index (χ0v) is 15.8. The van der Waals surface area contributed by atoms with Gasteiger partial charge in [-0.2, -0.15) is 0 Å². The number of hydrogen-bond acceptors (Lipinski definition) is 2. The topological polar surface area (TPSA) is 45.2 Å². The molecule has 2 heterocycles. The lowest BCUT2D eigenvalue weighted by molar-refractivity contribution is 0.223. The lowest BCUT2D eigenvalue weighted by Crippen LogP contribution is -2.22. The number of phenols is 1. The van der Waals surface area contributed by atoms with E-state index in [1.807, 2.05) is 6.07 Å². The van der Waals surface area contributed by atoms with Gasteiger partial charge < -0.3 is 14.8 Å². The number of rotatable bonds is 3. The maximum atomic E-state index is 9.79. The van der Waals surface area contributed by atoms with E-state index in [4.69, 9.17) is 4.74 Å². The van der Waals surface area contributed by atoms with E-state index in [0.717, 1.165) is 46.1 Å². The summed E-state index contributed by atoms with van der Waals surface area (Å²) in [5.41, 5.74) is 6.90. The molecule has 3 heteroatoms. The Morgan fingerprint density at radius 3 is 2.77 bits per heavy atom. The van der Waals surface area contributed by atoms with Crippen LogP contribution in [0.4, 0.5) is 0 Å². The van der Waals surface area contributed by atoms with Crippen LogP contribution in [0.15, 0.2) is 41.5 Å². The second kappa shape index (κ2) is 6.24. The molecule has 0 unspecified atom stereocenters. The number of aromatic amines is 1. The van der Waals surface area contributed by atoms with Gasteiger partial charge >= 0.3 is 0 Å². The Kier molecular flexibility index (Phi) is 4.03. The predicted molar refractivity (Wildman–Crippen MR) is 109 cm³/mol. The summed E-state index contributed by atoms with van der Waals surface area (Å²) >= 11 is 0. The molecule has 2 N–H and O–H groups in total. The number of ether oxygens (including phenoxy) is 1. The molecule has 1 aromatic heterocycles. The third-order valence-electron chi connectivity index (χ3n) is 5.18. The van der Waals surface area contributed by atoms with Gasteiger partial charge in [0.05, 0.1) is 11.0 Å². The number of aromatic nitrogens is 1. The monoisotopic (exact) mass is 347 g/mol. The quantitative estimate of drug-likeness (QED) is 0.550. The summed E-state index contributed by atoms with van der Waals surface area (Å²) in [4.78, 5) is 3.47. The minimum atomic E-state index is 0.127. The van der Waals surface area contributed by atoms with Gasteiger partial charge in [-0.1, -0.05) is 11.6 Å². The van der Waals surface area contributed by atoms with E-state index in [2.05, 4.69) is 50.9 Å². The molecule has 0 bridgehead atoms. The van der Waals surface area contributed by atoms with Crippen LogP contribution in [-0.2, 0) is 0 Å². The maximum Gasteiger partial charge on any atom is 0.132 e. The van der Waals surface area contributed by atoms with Crippen LogP contribution in [0.3, 0.4) is 0 Å². The largest absolute Gasteiger partial charge is 0.508 e. The van der Waals surface area contributed by atoms with Crippen molar-refractivity contribution >= 4 is 27.9 Å². The second-order valence-electron chi connectivity index (χ2n) is 7.57. The van der Waals surface area contributed by atoms with Gasteiger partial charge in [0.2, 0.25) is 0 Å². The molecule has 0 aliphatic carbocycles. The number of nitrogens with one attached hydrogen (secondary N) is 1. The summed E-state index contributed by atoms with van der Waals surface area (Å²) < 4.78 is 6.42. The Labute approximate surface area is 154 Å². The first-order chi connectivity index (χ1) is 12.4. The van der Waals surface area contributed by atoms with Crippen molar-refractivity contribution in [3.63, 3.8) is 0 Å². The van der Waals surface area contributed by atoms with Gasteiger partial charge in [0.15, 0.2) is 0 Å². The molecule has 1 aliphatic rings. The molecule has 4 rings (SSSR count). The highest BCUT2D eigenvalue weighted by molar-refractivity contribution is 6.11. The van der Waals surface area contributed by atoms with E-state index in [1.165, 1.54) is 16.5 Å². The van der Waals surface area contributed by atoms with E-state index < -0.39 is 0 Å².